The fourth-order valence-corrected chi connectivity index (χ4v) is 4.10. The molecule has 126 valence electrons. The molecule has 24 heavy (non-hydrogen) atoms. The number of rotatable bonds is 5. The van der Waals surface area contributed by atoms with Crippen LogP contribution in [-0.4, -0.2) is 15.0 Å². The Morgan fingerprint density at radius 1 is 1.29 bits per heavy atom. The van der Waals surface area contributed by atoms with Gasteiger partial charge in [-0.2, -0.15) is 13.7 Å². The molecule has 0 aromatic heterocycles. The second-order valence-electron chi connectivity index (χ2n) is 4.80. The van der Waals surface area contributed by atoms with Gasteiger partial charge in [-0.05, 0) is 53.5 Å². The lowest BCUT2D eigenvalue weighted by atomic mass is 10.2. The van der Waals surface area contributed by atoms with E-state index >= 15 is 0 Å². The number of hydrogen-bond acceptors (Lipinski definition) is 5. The maximum atomic E-state index is 12.5. The quantitative estimate of drug-likeness (QED) is 0.655. The Morgan fingerprint density at radius 3 is 2.58 bits per heavy atom. The molecule has 5 nitrogen and oxygen atoms in total. The number of nitrogens with zero attached hydrogens (tertiary/aromatic N) is 1. The van der Waals surface area contributed by atoms with Gasteiger partial charge in [-0.1, -0.05) is 17.7 Å². The summed E-state index contributed by atoms with van der Waals surface area (Å²) in [7, 11) is -4.17. The number of benzene rings is 2. The van der Waals surface area contributed by atoms with Crippen molar-refractivity contribution in [2.75, 3.05) is 6.61 Å². The molecule has 2 rings (SSSR count). The first-order valence-corrected chi connectivity index (χ1v) is 9.43. The highest BCUT2D eigenvalue weighted by atomic mass is 79.9. The lowest BCUT2D eigenvalue weighted by Gasteiger charge is -2.14. The van der Waals surface area contributed by atoms with Gasteiger partial charge < -0.3 is 8.92 Å². The standard InChI is InChI=1S/C16H13BrClNO4S/c1-3-22-14-8-11(9-19)7-12(17)16(14)23-24(20,21)15-5-4-10(2)6-13(15)18/h4-8H,3H2,1-2H3. The lowest BCUT2D eigenvalue weighted by Crippen LogP contribution is -2.12. The minimum atomic E-state index is -4.17. The van der Waals surface area contributed by atoms with E-state index in [1.165, 1.54) is 24.3 Å². The normalized spacial score (nSPS) is 11.0. The highest BCUT2D eigenvalue weighted by molar-refractivity contribution is 9.10. The molecule has 0 aliphatic rings. The van der Waals surface area contributed by atoms with E-state index in [2.05, 4.69) is 15.9 Å². The Balaban J connectivity index is 2.51. The van der Waals surface area contributed by atoms with Crippen LogP contribution in [0, 0.1) is 18.3 Å². The van der Waals surface area contributed by atoms with E-state index < -0.39 is 10.1 Å². The van der Waals surface area contributed by atoms with E-state index in [4.69, 9.17) is 25.8 Å². The average molecular weight is 431 g/mol. The fourth-order valence-electron chi connectivity index (χ4n) is 1.94. The maximum absolute atomic E-state index is 12.5. The molecule has 0 spiro atoms. The summed E-state index contributed by atoms with van der Waals surface area (Å²) in [6, 6.07) is 9.37. The molecule has 0 amide bonds. The van der Waals surface area contributed by atoms with Crippen LogP contribution in [0.15, 0.2) is 39.7 Å². The summed E-state index contributed by atoms with van der Waals surface area (Å²) in [4.78, 5) is -0.145. The van der Waals surface area contributed by atoms with Crippen molar-refractivity contribution in [3.63, 3.8) is 0 Å². The van der Waals surface area contributed by atoms with E-state index in [1.54, 1.807) is 19.9 Å². The van der Waals surface area contributed by atoms with Gasteiger partial charge >= 0.3 is 10.1 Å². The third-order valence-corrected chi connectivity index (χ3v) is 5.28. The van der Waals surface area contributed by atoms with E-state index in [1.807, 2.05) is 6.07 Å². The van der Waals surface area contributed by atoms with Crippen LogP contribution in [0.4, 0.5) is 0 Å². The number of ether oxygens (including phenoxy) is 1. The Hall–Kier alpha value is -1.75. The molecule has 0 unspecified atom stereocenters. The largest absolute Gasteiger partial charge is 0.490 e. The third kappa shape index (κ3) is 4.01. The van der Waals surface area contributed by atoms with Crippen molar-refractivity contribution in [1.82, 2.24) is 0 Å². The summed E-state index contributed by atoms with van der Waals surface area (Å²) in [6.07, 6.45) is 0. The fraction of sp³-hybridized carbons (Fsp3) is 0.188. The average Bonchev–Trinajstić information content (AvgIpc) is 2.50. The molecule has 0 atom stereocenters. The first-order chi connectivity index (χ1) is 11.3. The summed E-state index contributed by atoms with van der Waals surface area (Å²) in [5, 5.41) is 9.08. The molecule has 0 bridgehead atoms. The molecular weight excluding hydrogens is 418 g/mol. The van der Waals surface area contributed by atoms with Gasteiger partial charge in [0.05, 0.1) is 27.7 Å². The van der Waals surface area contributed by atoms with Crippen LogP contribution in [0.2, 0.25) is 5.02 Å². The van der Waals surface area contributed by atoms with Crippen molar-refractivity contribution in [2.45, 2.75) is 18.7 Å². The highest BCUT2D eigenvalue weighted by Gasteiger charge is 2.24. The molecule has 0 N–H and O–H groups in total. The molecule has 2 aromatic rings. The van der Waals surface area contributed by atoms with Gasteiger partial charge in [-0.3, -0.25) is 0 Å². The van der Waals surface area contributed by atoms with Gasteiger partial charge in [0, 0.05) is 6.07 Å². The second-order valence-corrected chi connectivity index (χ2v) is 7.58. The Kier molecular flexibility index (Phi) is 5.75. The lowest BCUT2D eigenvalue weighted by molar-refractivity contribution is 0.327. The zero-order chi connectivity index (χ0) is 17.9. The summed E-state index contributed by atoms with van der Waals surface area (Å²) >= 11 is 9.23. The molecule has 8 heteroatoms. The molecular formula is C16H13BrClNO4S. The molecule has 0 saturated carbocycles. The monoisotopic (exact) mass is 429 g/mol. The smallest absolute Gasteiger partial charge is 0.340 e. The van der Waals surface area contributed by atoms with Crippen LogP contribution in [0.25, 0.3) is 0 Å². The molecule has 0 aliphatic heterocycles. The van der Waals surface area contributed by atoms with E-state index in [-0.39, 0.29) is 32.5 Å². The summed E-state index contributed by atoms with van der Waals surface area (Å²) < 4.78 is 36.0. The summed E-state index contributed by atoms with van der Waals surface area (Å²) in [5.74, 6) is 0.114. The van der Waals surface area contributed by atoms with Gasteiger partial charge in [0.1, 0.15) is 4.90 Å². The van der Waals surface area contributed by atoms with Crippen molar-refractivity contribution in [2.24, 2.45) is 0 Å². The molecule has 0 heterocycles. The third-order valence-electron chi connectivity index (χ3n) is 2.99. The molecule has 0 aliphatic carbocycles. The van der Waals surface area contributed by atoms with E-state index in [9.17, 15) is 8.42 Å². The van der Waals surface area contributed by atoms with Crippen molar-refractivity contribution in [3.05, 3.63) is 51.0 Å². The first kappa shape index (κ1) is 18.6. The molecule has 0 saturated heterocycles. The van der Waals surface area contributed by atoms with Gasteiger partial charge in [-0.15, -0.1) is 0 Å². The minimum absolute atomic E-state index is 0.0347. The Labute approximate surface area is 154 Å². The van der Waals surface area contributed by atoms with Crippen molar-refractivity contribution in [3.8, 4) is 17.6 Å². The number of hydrogen-bond donors (Lipinski definition) is 0. The van der Waals surface area contributed by atoms with Crippen LogP contribution >= 0.6 is 27.5 Å². The SMILES string of the molecule is CCOc1cc(C#N)cc(Br)c1OS(=O)(=O)c1ccc(C)cc1Cl. The Morgan fingerprint density at radius 2 is 2.00 bits per heavy atom. The minimum Gasteiger partial charge on any atom is -0.490 e. The van der Waals surface area contributed by atoms with Crippen LogP contribution in [0.5, 0.6) is 11.5 Å². The van der Waals surface area contributed by atoms with Crippen LogP contribution < -0.4 is 8.92 Å². The molecule has 2 aromatic carbocycles. The molecule has 0 radical (unpaired) electrons. The zero-order valence-corrected chi connectivity index (χ0v) is 16.0. The Bertz CT molecular complexity index is 922. The van der Waals surface area contributed by atoms with Gasteiger partial charge in [0.2, 0.25) is 0 Å². The van der Waals surface area contributed by atoms with Crippen LogP contribution in [0.1, 0.15) is 18.1 Å². The summed E-state index contributed by atoms with van der Waals surface area (Å²) in [5.41, 5.74) is 1.14. The van der Waals surface area contributed by atoms with Gasteiger partial charge in [-0.25, -0.2) is 0 Å². The van der Waals surface area contributed by atoms with Crippen molar-refractivity contribution in [1.29, 1.82) is 5.26 Å². The van der Waals surface area contributed by atoms with E-state index in [0.29, 0.717) is 5.56 Å². The number of halogens is 2. The topological polar surface area (TPSA) is 76.4 Å². The summed E-state index contributed by atoms with van der Waals surface area (Å²) in [6.45, 7) is 3.82. The van der Waals surface area contributed by atoms with Gasteiger partial charge in [0.15, 0.2) is 11.5 Å². The highest BCUT2D eigenvalue weighted by Crippen LogP contribution is 2.39. The zero-order valence-electron chi connectivity index (χ0n) is 12.8. The number of nitriles is 1. The van der Waals surface area contributed by atoms with Crippen molar-refractivity contribution >= 4 is 37.6 Å². The predicted octanol–water partition coefficient (Wildman–Crippen LogP) is 4.45. The predicted molar refractivity (Wildman–Crippen MR) is 94.0 cm³/mol. The van der Waals surface area contributed by atoms with Crippen molar-refractivity contribution < 1.29 is 17.3 Å². The van der Waals surface area contributed by atoms with Crippen LogP contribution in [-0.2, 0) is 10.1 Å². The second kappa shape index (κ2) is 7.43. The maximum Gasteiger partial charge on any atom is 0.340 e. The number of aryl methyl sites for hydroxylation is 1. The first-order valence-electron chi connectivity index (χ1n) is 6.85. The van der Waals surface area contributed by atoms with Gasteiger partial charge in [0.25, 0.3) is 0 Å². The van der Waals surface area contributed by atoms with Crippen LogP contribution in [0.3, 0.4) is 0 Å². The van der Waals surface area contributed by atoms with E-state index in [0.717, 1.165) is 5.56 Å². The molecule has 0 fully saturated rings.